The van der Waals surface area contributed by atoms with Gasteiger partial charge in [-0.2, -0.15) is 5.21 Å². The third kappa shape index (κ3) is 3.93. The van der Waals surface area contributed by atoms with Crippen molar-refractivity contribution in [2.24, 2.45) is 5.92 Å². The first-order chi connectivity index (χ1) is 12.1. The van der Waals surface area contributed by atoms with Gasteiger partial charge < -0.3 is 10.2 Å². The molecule has 2 N–H and O–H groups in total. The van der Waals surface area contributed by atoms with Crippen LogP contribution >= 0.6 is 15.9 Å². The third-order valence-corrected chi connectivity index (χ3v) is 4.60. The number of hydrogen-bond donors (Lipinski definition) is 2. The van der Waals surface area contributed by atoms with Crippen molar-refractivity contribution in [1.29, 1.82) is 0 Å². The molecule has 0 spiro atoms. The van der Waals surface area contributed by atoms with E-state index in [4.69, 9.17) is 0 Å². The van der Waals surface area contributed by atoms with E-state index in [1.54, 1.807) is 11.0 Å². The summed E-state index contributed by atoms with van der Waals surface area (Å²) in [6.07, 6.45) is 2.81. The van der Waals surface area contributed by atoms with E-state index in [2.05, 4.69) is 48.4 Å². The average Bonchev–Trinajstić information content (AvgIpc) is 3.17. The van der Waals surface area contributed by atoms with E-state index in [9.17, 15) is 9.59 Å². The SMILES string of the molecule is C=CC(=O)N1CCCC(C(=O)Nc2ccc(Br)cc2-c2nn[nH]n2)C1. The predicted octanol–water partition coefficient (Wildman–Crippen LogP) is 1.99. The molecule has 1 unspecified atom stereocenters. The molecule has 1 saturated heterocycles. The number of carbonyl (C=O) groups excluding carboxylic acids is 2. The maximum Gasteiger partial charge on any atom is 0.245 e. The molecule has 2 amide bonds. The summed E-state index contributed by atoms with van der Waals surface area (Å²) in [5, 5.41) is 16.8. The topological polar surface area (TPSA) is 104 Å². The molecular weight excluding hydrogens is 388 g/mol. The van der Waals surface area contributed by atoms with Gasteiger partial charge in [-0.1, -0.05) is 22.5 Å². The van der Waals surface area contributed by atoms with Gasteiger partial charge in [-0.15, -0.1) is 10.2 Å². The van der Waals surface area contributed by atoms with Gasteiger partial charge in [-0.3, -0.25) is 9.59 Å². The highest BCUT2D eigenvalue weighted by Crippen LogP contribution is 2.29. The molecule has 0 aliphatic carbocycles. The highest BCUT2D eigenvalue weighted by atomic mass is 79.9. The lowest BCUT2D eigenvalue weighted by atomic mass is 9.96. The summed E-state index contributed by atoms with van der Waals surface area (Å²) in [5.41, 5.74) is 1.26. The van der Waals surface area contributed by atoms with Crippen molar-refractivity contribution in [3.05, 3.63) is 35.3 Å². The van der Waals surface area contributed by atoms with Gasteiger partial charge in [0.15, 0.2) is 0 Å². The summed E-state index contributed by atoms with van der Waals surface area (Å²) in [7, 11) is 0. The fourth-order valence-electron chi connectivity index (χ4n) is 2.84. The molecule has 1 aliphatic heterocycles. The van der Waals surface area contributed by atoms with Crippen molar-refractivity contribution in [3.63, 3.8) is 0 Å². The number of rotatable bonds is 4. The van der Waals surface area contributed by atoms with Crippen molar-refractivity contribution in [2.75, 3.05) is 18.4 Å². The zero-order valence-corrected chi connectivity index (χ0v) is 15.0. The fraction of sp³-hybridized carbons (Fsp3) is 0.312. The number of aromatic amines is 1. The van der Waals surface area contributed by atoms with Crippen molar-refractivity contribution in [1.82, 2.24) is 25.5 Å². The number of carbonyl (C=O) groups is 2. The van der Waals surface area contributed by atoms with E-state index in [-0.39, 0.29) is 17.7 Å². The number of nitrogens with one attached hydrogen (secondary N) is 2. The minimum absolute atomic E-state index is 0.131. The summed E-state index contributed by atoms with van der Waals surface area (Å²) in [6, 6.07) is 5.42. The molecule has 1 fully saturated rings. The van der Waals surface area contributed by atoms with Crippen LogP contribution in [0.25, 0.3) is 11.4 Å². The van der Waals surface area contributed by atoms with Gasteiger partial charge in [-0.05, 0) is 42.3 Å². The summed E-state index contributed by atoms with van der Waals surface area (Å²) in [6.45, 7) is 4.55. The Morgan fingerprint density at radius 1 is 1.44 bits per heavy atom. The van der Waals surface area contributed by atoms with Crippen LogP contribution in [-0.2, 0) is 9.59 Å². The van der Waals surface area contributed by atoms with Crippen LogP contribution in [0.3, 0.4) is 0 Å². The summed E-state index contributed by atoms with van der Waals surface area (Å²) >= 11 is 3.40. The van der Waals surface area contributed by atoms with E-state index in [1.165, 1.54) is 6.08 Å². The number of tetrazole rings is 1. The highest BCUT2D eigenvalue weighted by Gasteiger charge is 2.28. The van der Waals surface area contributed by atoms with Crippen LogP contribution in [0.4, 0.5) is 5.69 Å². The van der Waals surface area contributed by atoms with Gasteiger partial charge >= 0.3 is 0 Å². The molecule has 0 saturated carbocycles. The summed E-state index contributed by atoms with van der Waals surface area (Å²) < 4.78 is 0.839. The van der Waals surface area contributed by atoms with Gasteiger partial charge in [0.1, 0.15) is 0 Å². The maximum absolute atomic E-state index is 12.7. The van der Waals surface area contributed by atoms with Crippen molar-refractivity contribution < 1.29 is 9.59 Å². The van der Waals surface area contributed by atoms with Crippen LogP contribution in [0.5, 0.6) is 0 Å². The highest BCUT2D eigenvalue weighted by molar-refractivity contribution is 9.10. The number of H-pyrrole nitrogens is 1. The molecule has 9 heteroatoms. The van der Waals surface area contributed by atoms with Crippen LogP contribution in [0.15, 0.2) is 35.3 Å². The second kappa shape index (κ2) is 7.56. The first-order valence-electron chi connectivity index (χ1n) is 7.84. The van der Waals surface area contributed by atoms with Crippen molar-refractivity contribution in [2.45, 2.75) is 12.8 Å². The minimum Gasteiger partial charge on any atom is -0.338 e. The number of nitrogens with zero attached hydrogens (tertiary/aromatic N) is 4. The van der Waals surface area contributed by atoms with E-state index < -0.39 is 0 Å². The normalized spacial score (nSPS) is 17.2. The van der Waals surface area contributed by atoms with Gasteiger partial charge in [-0.25, -0.2) is 0 Å². The molecule has 3 rings (SSSR count). The molecule has 8 nitrogen and oxygen atoms in total. The lowest BCUT2D eigenvalue weighted by molar-refractivity contribution is -0.130. The Bertz CT molecular complexity index is 792. The lowest BCUT2D eigenvalue weighted by Crippen LogP contribution is -2.43. The number of anilines is 1. The lowest BCUT2D eigenvalue weighted by Gasteiger charge is -2.31. The van der Waals surface area contributed by atoms with Crippen LogP contribution < -0.4 is 5.32 Å². The Kier molecular flexibility index (Phi) is 5.22. The second-order valence-electron chi connectivity index (χ2n) is 5.74. The van der Waals surface area contributed by atoms with Crippen molar-refractivity contribution >= 4 is 33.4 Å². The number of halogens is 1. The monoisotopic (exact) mass is 404 g/mol. The Hall–Kier alpha value is -2.55. The Morgan fingerprint density at radius 3 is 3.00 bits per heavy atom. The molecule has 1 aliphatic rings. The largest absolute Gasteiger partial charge is 0.338 e. The van der Waals surface area contributed by atoms with Gasteiger partial charge in [0.2, 0.25) is 17.6 Å². The van der Waals surface area contributed by atoms with Crippen molar-refractivity contribution in [3.8, 4) is 11.4 Å². The number of benzene rings is 1. The first kappa shape index (κ1) is 17.3. The number of aromatic nitrogens is 4. The summed E-state index contributed by atoms with van der Waals surface area (Å²) in [5.74, 6) is -0.148. The molecular formula is C16H17BrN6O2. The smallest absolute Gasteiger partial charge is 0.245 e. The molecule has 1 aromatic carbocycles. The third-order valence-electron chi connectivity index (χ3n) is 4.10. The number of hydrogen-bond acceptors (Lipinski definition) is 5. The molecule has 2 aromatic rings. The Labute approximate surface area is 152 Å². The number of amides is 2. The number of piperidine rings is 1. The van der Waals surface area contributed by atoms with Gasteiger partial charge in [0.25, 0.3) is 0 Å². The molecule has 25 heavy (non-hydrogen) atoms. The van der Waals surface area contributed by atoms with Gasteiger partial charge in [0.05, 0.1) is 11.6 Å². The average molecular weight is 405 g/mol. The molecule has 1 atom stereocenters. The fourth-order valence-corrected chi connectivity index (χ4v) is 3.20. The Morgan fingerprint density at radius 2 is 2.28 bits per heavy atom. The molecule has 0 bridgehead atoms. The first-order valence-corrected chi connectivity index (χ1v) is 8.63. The van der Waals surface area contributed by atoms with E-state index in [1.807, 2.05) is 12.1 Å². The number of likely N-dealkylation sites (tertiary alicyclic amines) is 1. The standard InChI is InChI=1S/C16H17BrN6O2/c1-2-14(24)23-7-3-4-10(9-23)16(25)18-13-6-5-11(17)8-12(13)15-19-21-22-20-15/h2,5-6,8,10H,1,3-4,7,9H2,(H,18,25)(H,19,20,21,22). The van der Waals surface area contributed by atoms with E-state index in [0.29, 0.717) is 30.2 Å². The van der Waals surface area contributed by atoms with Gasteiger partial charge in [0, 0.05) is 23.1 Å². The van der Waals surface area contributed by atoms with Crippen LogP contribution in [0.2, 0.25) is 0 Å². The molecule has 1 aromatic heterocycles. The van der Waals surface area contributed by atoms with E-state index in [0.717, 1.165) is 17.3 Å². The molecule has 0 radical (unpaired) electrons. The summed E-state index contributed by atoms with van der Waals surface area (Å²) in [4.78, 5) is 26.1. The van der Waals surface area contributed by atoms with Crippen LogP contribution in [0, 0.1) is 5.92 Å². The molecule has 2 heterocycles. The maximum atomic E-state index is 12.7. The molecule has 130 valence electrons. The minimum atomic E-state index is -0.264. The van der Waals surface area contributed by atoms with Crippen LogP contribution in [0.1, 0.15) is 12.8 Å². The van der Waals surface area contributed by atoms with E-state index >= 15 is 0 Å². The Balaban J connectivity index is 1.77. The van der Waals surface area contributed by atoms with Crippen LogP contribution in [-0.4, -0.2) is 50.4 Å². The second-order valence-corrected chi connectivity index (χ2v) is 6.66. The quantitative estimate of drug-likeness (QED) is 0.758. The zero-order chi connectivity index (χ0) is 17.8. The predicted molar refractivity (Wildman–Crippen MR) is 95.4 cm³/mol. The zero-order valence-electron chi connectivity index (χ0n) is 13.4.